The van der Waals surface area contributed by atoms with E-state index in [2.05, 4.69) is 21.6 Å². The Bertz CT molecular complexity index is 974. The van der Waals surface area contributed by atoms with Crippen molar-refractivity contribution in [2.24, 2.45) is 0 Å². The van der Waals surface area contributed by atoms with Crippen molar-refractivity contribution in [1.29, 1.82) is 0 Å². The molecule has 28 heavy (non-hydrogen) atoms. The van der Waals surface area contributed by atoms with Crippen molar-refractivity contribution in [2.75, 3.05) is 6.54 Å². The SMILES string of the molecule is CCn1ncc(C(=O)N2CCCC2c2ncc(C)n2Cc2ccncc2)c1C. The summed E-state index contributed by atoms with van der Waals surface area (Å²) in [4.78, 5) is 24.0. The minimum Gasteiger partial charge on any atom is -0.328 e. The van der Waals surface area contributed by atoms with E-state index in [1.165, 1.54) is 5.56 Å². The number of imidazole rings is 1. The van der Waals surface area contributed by atoms with Crippen LogP contribution < -0.4 is 0 Å². The van der Waals surface area contributed by atoms with Crippen LogP contribution in [0.15, 0.2) is 36.9 Å². The summed E-state index contributed by atoms with van der Waals surface area (Å²) in [5.74, 6) is 1.01. The number of nitrogens with zero attached hydrogens (tertiary/aromatic N) is 6. The van der Waals surface area contributed by atoms with Crippen LogP contribution in [0.2, 0.25) is 0 Å². The molecule has 1 atom stereocenters. The molecular formula is C21H26N6O. The lowest BCUT2D eigenvalue weighted by atomic mass is 10.1. The summed E-state index contributed by atoms with van der Waals surface area (Å²) >= 11 is 0. The van der Waals surface area contributed by atoms with Crippen LogP contribution in [0.5, 0.6) is 0 Å². The van der Waals surface area contributed by atoms with Crippen LogP contribution in [-0.2, 0) is 13.1 Å². The van der Waals surface area contributed by atoms with E-state index in [4.69, 9.17) is 4.98 Å². The van der Waals surface area contributed by atoms with Crippen molar-refractivity contribution in [1.82, 2.24) is 29.2 Å². The van der Waals surface area contributed by atoms with Gasteiger partial charge in [0.25, 0.3) is 5.91 Å². The molecule has 3 aromatic rings. The van der Waals surface area contributed by atoms with E-state index in [1.54, 1.807) is 18.6 Å². The largest absolute Gasteiger partial charge is 0.328 e. The molecule has 146 valence electrons. The summed E-state index contributed by atoms with van der Waals surface area (Å²) in [6, 6.07) is 4.03. The highest BCUT2D eigenvalue weighted by molar-refractivity contribution is 5.95. The topological polar surface area (TPSA) is 68.8 Å². The molecule has 1 unspecified atom stereocenters. The number of hydrogen-bond acceptors (Lipinski definition) is 4. The standard InChI is InChI=1S/C21H26N6O/c1-4-27-16(3)18(13-24-27)21(28)25-11-5-6-19(25)20-23-12-15(2)26(20)14-17-7-9-22-10-8-17/h7-10,12-13,19H,4-6,11,14H2,1-3H3. The Balaban J connectivity index is 1.64. The smallest absolute Gasteiger partial charge is 0.257 e. The number of carbonyl (C=O) groups excluding carboxylic acids is 1. The molecule has 1 amide bonds. The first-order chi connectivity index (χ1) is 13.6. The van der Waals surface area contributed by atoms with Gasteiger partial charge >= 0.3 is 0 Å². The third kappa shape index (κ3) is 3.21. The van der Waals surface area contributed by atoms with Crippen LogP contribution >= 0.6 is 0 Å². The first kappa shape index (κ1) is 18.4. The molecule has 0 N–H and O–H groups in total. The van der Waals surface area contributed by atoms with Crippen molar-refractivity contribution in [3.8, 4) is 0 Å². The predicted molar refractivity (Wildman–Crippen MR) is 106 cm³/mol. The van der Waals surface area contributed by atoms with Gasteiger partial charge < -0.3 is 9.47 Å². The second-order valence-corrected chi connectivity index (χ2v) is 7.32. The molecule has 1 fully saturated rings. The number of hydrogen-bond donors (Lipinski definition) is 0. The second kappa shape index (κ2) is 7.58. The van der Waals surface area contributed by atoms with E-state index in [9.17, 15) is 4.79 Å². The molecule has 0 aliphatic carbocycles. The van der Waals surface area contributed by atoms with Gasteiger partial charge in [0.05, 0.1) is 17.8 Å². The zero-order valence-corrected chi connectivity index (χ0v) is 16.7. The molecule has 0 radical (unpaired) electrons. The molecule has 4 rings (SSSR count). The Labute approximate surface area is 165 Å². The number of pyridine rings is 1. The van der Waals surface area contributed by atoms with Gasteiger partial charge in [-0.3, -0.25) is 14.5 Å². The fraction of sp³-hybridized carbons (Fsp3) is 0.429. The highest BCUT2D eigenvalue weighted by atomic mass is 16.2. The summed E-state index contributed by atoms with van der Waals surface area (Å²) in [6.45, 7) is 8.30. The zero-order chi connectivity index (χ0) is 19.7. The average molecular weight is 378 g/mol. The Morgan fingerprint density at radius 3 is 2.71 bits per heavy atom. The molecule has 3 aromatic heterocycles. The maximum atomic E-state index is 13.3. The maximum Gasteiger partial charge on any atom is 0.257 e. The summed E-state index contributed by atoms with van der Waals surface area (Å²) in [7, 11) is 0. The van der Waals surface area contributed by atoms with E-state index < -0.39 is 0 Å². The molecule has 0 aromatic carbocycles. The van der Waals surface area contributed by atoms with Crippen molar-refractivity contribution >= 4 is 5.91 Å². The van der Waals surface area contributed by atoms with Gasteiger partial charge in [-0.15, -0.1) is 0 Å². The van der Waals surface area contributed by atoms with Crippen molar-refractivity contribution < 1.29 is 4.79 Å². The number of amides is 1. The van der Waals surface area contributed by atoms with Crippen LogP contribution in [0.4, 0.5) is 0 Å². The molecule has 7 heteroatoms. The molecule has 0 saturated carbocycles. The number of aryl methyl sites for hydroxylation is 2. The third-order valence-electron chi connectivity index (χ3n) is 5.62. The number of likely N-dealkylation sites (tertiary alicyclic amines) is 1. The first-order valence-electron chi connectivity index (χ1n) is 9.84. The van der Waals surface area contributed by atoms with Crippen molar-refractivity contribution in [2.45, 2.75) is 52.7 Å². The lowest BCUT2D eigenvalue weighted by Crippen LogP contribution is -2.32. The minimum absolute atomic E-state index is 0.00702. The van der Waals surface area contributed by atoms with Crippen LogP contribution in [0.3, 0.4) is 0 Å². The van der Waals surface area contributed by atoms with E-state index in [-0.39, 0.29) is 11.9 Å². The quantitative estimate of drug-likeness (QED) is 0.684. The molecule has 1 saturated heterocycles. The van der Waals surface area contributed by atoms with E-state index in [0.717, 1.165) is 49.7 Å². The van der Waals surface area contributed by atoms with Crippen LogP contribution in [-0.4, -0.2) is 41.7 Å². The normalized spacial score (nSPS) is 16.7. The minimum atomic E-state index is -0.00702. The predicted octanol–water partition coefficient (Wildman–Crippen LogP) is 3.14. The maximum absolute atomic E-state index is 13.3. The van der Waals surface area contributed by atoms with Gasteiger partial charge in [-0.1, -0.05) is 0 Å². The zero-order valence-electron chi connectivity index (χ0n) is 16.7. The van der Waals surface area contributed by atoms with E-state index in [0.29, 0.717) is 5.56 Å². The van der Waals surface area contributed by atoms with Gasteiger partial charge in [0.15, 0.2) is 0 Å². The highest BCUT2D eigenvalue weighted by Gasteiger charge is 2.35. The van der Waals surface area contributed by atoms with Crippen LogP contribution in [0.25, 0.3) is 0 Å². The van der Waals surface area contributed by atoms with Gasteiger partial charge in [-0.05, 0) is 51.3 Å². The van der Waals surface area contributed by atoms with Gasteiger partial charge in [0.1, 0.15) is 5.82 Å². The summed E-state index contributed by atoms with van der Waals surface area (Å²) in [5.41, 5.74) is 3.89. The molecule has 4 heterocycles. The highest BCUT2D eigenvalue weighted by Crippen LogP contribution is 2.33. The van der Waals surface area contributed by atoms with Gasteiger partial charge in [0.2, 0.25) is 0 Å². The molecule has 7 nitrogen and oxygen atoms in total. The second-order valence-electron chi connectivity index (χ2n) is 7.32. The average Bonchev–Trinajstić information content (AvgIpc) is 3.42. The Kier molecular flexibility index (Phi) is 4.98. The fourth-order valence-corrected chi connectivity index (χ4v) is 4.03. The Hall–Kier alpha value is -2.96. The first-order valence-corrected chi connectivity index (χ1v) is 9.84. The molecule has 0 bridgehead atoms. The number of carbonyl (C=O) groups is 1. The third-order valence-corrected chi connectivity index (χ3v) is 5.62. The monoisotopic (exact) mass is 378 g/mol. The molecule has 1 aliphatic rings. The van der Waals surface area contributed by atoms with E-state index >= 15 is 0 Å². The number of aromatic nitrogens is 5. The van der Waals surface area contributed by atoms with Crippen molar-refractivity contribution in [3.05, 3.63) is 65.3 Å². The van der Waals surface area contributed by atoms with Gasteiger partial charge in [0, 0.05) is 49.6 Å². The summed E-state index contributed by atoms with van der Waals surface area (Å²) in [5, 5.41) is 4.34. The van der Waals surface area contributed by atoms with Crippen LogP contribution in [0.1, 0.15) is 58.9 Å². The van der Waals surface area contributed by atoms with Crippen molar-refractivity contribution in [3.63, 3.8) is 0 Å². The lowest BCUT2D eigenvalue weighted by molar-refractivity contribution is 0.0726. The Morgan fingerprint density at radius 1 is 1.21 bits per heavy atom. The van der Waals surface area contributed by atoms with E-state index in [1.807, 2.05) is 41.8 Å². The fourth-order valence-electron chi connectivity index (χ4n) is 4.03. The lowest BCUT2D eigenvalue weighted by Gasteiger charge is -2.25. The van der Waals surface area contributed by atoms with Gasteiger partial charge in [-0.2, -0.15) is 5.10 Å². The summed E-state index contributed by atoms with van der Waals surface area (Å²) < 4.78 is 4.08. The summed E-state index contributed by atoms with van der Waals surface area (Å²) in [6.07, 6.45) is 9.13. The van der Waals surface area contributed by atoms with Crippen LogP contribution in [0, 0.1) is 13.8 Å². The molecule has 0 spiro atoms. The number of rotatable bonds is 5. The molecule has 1 aliphatic heterocycles. The molecular weight excluding hydrogens is 352 g/mol. The van der Waals surface area contributed by atoms with Gasteiger partial charge in [-0.25, -0.2) is 4.98 Å². The Morgan fingerprint density at radius 2 is 2.00 bits per heavy atom.